The Balaban J connectivity index is 1.44. The van der Waals surface area contributed by atoms with E-state index in [1.807, 2.05) is 36.4 Å². The summed E-state index contributed by atoms with van der Waals surface area (Å²) in [7, 11) is 0. The minimum Gasteiger partial charge on any atom is -0.480 e. The van der Waals surface area contributed by atoms with Gasteiger partial charge in [0.25, 0.3) is 0 Å². The van der Waals surface area contributed by atoms with Gasteiger partial charge >= 0.3 is 5.97 Å². The van der Waals surface area contributed by atoms with E-state index < -0.39 is 16.8 Å². The molecule has 3 heterocycles. The molecule has 2 aromatic rings. The van der Waals surface area contributed by atoms with Crippen LogP contribution < -0.4 is 5.32 Å². The fraction of sp³-hybridized carbons (Fsp3) is 0.286. The topological polar surface area (TPSA) is 123 Å². The van der Waals surface area contributed by atoms with Crippen molar-refractivity contribution in [3.63, 3.8) is 0 Å². The van der Waals surface area contributed by atoms with Gasteiger partial charge in [-0.3, -0.25) is 14.4 Å². The second-order valence-electron chi connectivity index (χ2n) is 7.24. The summed E-state index contributed by atoms with van der Waals surface area (Å²) in [6, 6.07) is 13.9. The van der Waals surface area contributed by atoms with E-state index >= 15 is 0 Å². The molecule has 2 aliphatic rings. The molecule has 3 atom stereocenters. The van der Waals surface area contributed by atoms with E-state index in [9.17, 15) is 24.8 Å². The zero-order chi connectivity index (χ0) is 22.0. The van der Waals surface area contributed by atoms with E-state index in [-0.39, 0.29) is 41.6 Å². The fourth-order valence-corrected chi connectivity index (χ4v) is 6.44. The first-order chi connectivity index (χ1) is 14.9. The van der Waals surface area contributed by atoms with Crippen LogP contribution in [0.15, 0.2) is 53.6 Å². The monoisotopic (exact) mass is 454 g/mol. The van der Waals surface area contributed by atoms with Crippen LogP contribution in [0, 0.1) is 11.3 Å². The average molecular weight is 455 g/mol. The molecule has 2 fully saturated rings. The summed E-state index contributed by atoms with van der Waals surface area (Å²) in [5, 5.41) is 21.7. The van der Waals surface area contributed by atoms with Crippen LogP contribution in [0.3, 0.4) is 0 Å². The van der Waals surface area contributed by atoms with Crippen molar-refractivity contribution < 1.29 is 19.5 Å². The molecular formula is C21H18N4O4S2. The van der Waals surface area contributed by atoms with E-state index in [4.69, 9.17) is 0 Å². The Kier molecular flexibility index (Phi) is 5.89. The zero-order valence-electron chi connectivity index (χ0n) is 16.2. The molecule has 2 N–H and O–H groups in total. The SMILES string of the molecule is N#Cc1ncccc1SC1(C(=O)O)CS[C@@H]2[C@H](NC(=O)Cc3ccccc3)C(=O)N2C1. The smallest absolute Gasteiger partial charge is 0.322 e. The van der Waals surface area contributed by atoms with Gasteiger partial charge in [-0.25, -0.2) is 4.98 Å². The second-order valence-corrected chi connectivity index (χ2v) is 9.77. The molecule has 1 unspecified atom stereocenters. The molecule has 0 radical (unpaired) electrons. The van der Waals surface area contributed by atoms with Crippen molar-refractivity contribution in [1.82, 2.24) is 15.2 Å². The number of nitriles is 1. The van der Waals surface area contributed by atoms with Crippen molar-refractivity contribution in [1.29, 1.82) is 5.26 Å². The molecule has 0 bridgehead atoms. The Morgan fingerprint density at radius 3 is 2.81 bits per heavy atom. The number of benzene rings is 1. The Labute approximate surface area is 187 Å². The van der Waals surface area contributed by atoms with Crippen molar-refractivity contribution in [2.75, 3.05) is 12.3 Å². The third kappa shape index (κ3) is 4.11. The normalized spacial score (nSPS) is 24.5. The Hall–Kier alpha value is -3.03. The summed E-state index contributed by atoms with van der Waals surface area (Å²) in [4.78, 5) is 43.2. The van der Waals surface area contributed by atoms with Crippen LogP contribution in [0.4, 0.5) is 0 Å². The van der Waals surface area contributed by atoms with Gasteiger partial charge in [0.1, 0.15) is 22.2 Å². The number of aliphatic carboxylic acids is 1. The minimum absolute atomic E-state index is 0.00564. The van der Waals surface area contributed by atoms with E-state index in [0.717, 1.165) is 17.3 Å². The first-order valence-electron chi connectivity index (χ1n) is 9.46. The van der Waals surface area contributed by atoms with E-state index in [0.29, 0.717) is 4.90 Å². The lowest BCUT2D eigenvalue weighted by atomic mass is 10.0. The number of nitrogens with one attached hydrogen (secondary N) is 1. The number of aromatic nitrogens is 1. The fourth-order valence-electron chi connectivity index (χ4n) is 3.56. The van der Waals surface area contributed by atoms with Gasteiger partial charge in [-0.05, 0) is 17.7 Å². The number of hydrogen-bond donors (Lipinski definition) is 2. The van der Waals surface area contributed by atoms with Gasteiger partial charge in [-0.15, -0.1) is 23.5 Å². The molecule has 10 heteroatoms. The van der Waals surface area contributed by atoms with E-state index in [2.05, 4.69) is 10.3 Å². The van der Waals surface area contributed by atoms with Crippen LogP contribution in [0.2, 0.25) is 0 Å². The van der Waals surface area contributed by atoms with Gasteiger partial charge < -0.3 is 15.3 Å². The highest BCUT2D eigenvalue weighted by molar-refractivity contribution is 8.05. The predicted molar refractivity (Wildman–Crippen MR) is 115 cm³/mol. The number of pyridine rings is 1. The molecule has 1 aromatic carbocycles. The number of rotatable bonds is 6. The number of β-lactam (4-membered cyclic amide) rings is 1. The van der Waals surface area contributed by atoms with Crippen LogP contribution in [-0.4, -0.2) is 61.2 Å². The maximum absolute atomic E-state index is 12.7. The highest BCUT2D eigenvalue weighted by atomic mass is 32.2. The standard InChI is InChI=1S/C21H18N4O4S2/c22-10-14-15(7-4-8-23-14)31-21(20(28)29)11-25-18(27)17(19(25)30-12-21)24-16(26)9-13-5-2-1-3-6-13/h1-8,17,19H,9,11-12H2,(H,24,26)(H,28,29)/t17-,19-,21?/m1/s1. The first kappa shape index (κ1) is 21.2. The zero-order valence-corrected chi connectivity index (χ0v) is 17.9. The number of carboxylic acid groups (broad SMARTS) is 1. The molecule has 2 aliphatic heterocycles. The summed E-state index contributed by atoms with van der Waals surface area (Å²) in [6.45, 7) is -0.00564. The van der Waals surface area contributed by atoms with Gasteiger partial charge in [-0.1, -0.05) is 30.3 Å². The summed E-state index contributed by atoms with van der Waals surface area (Å²) < 4.78 is -1.30. The third-order valence-electron chi connectivity index (χ3n) is 5.15. The van der Waals surface area contributed by atoms with Crippen molar-refractivity contribution in [3.8, 4) is 6.07 Å². The number of carbonyl (C=O) groups excluding carboxylic acids is 2. The maximum Gasteiger partial charge on any atom is 0.322 e. The minimum atomic E-state index is -1.30. The quantitative estimate of drug-likeness (QED) is 0.630. The second kappa shape index (κ2) is 8.61. The number of thioether (sulfide) groups is 2. The van der Waals surface area contributed by atoms with Gasteiger partial charge in [0, 0.05) is 23.4 Å². The lowest BCUT2D eigenvalue weighted by Crippen LogP contribution is -2.74. The van der Waals surface area contributed by atoms with E-state index in [1.54, 1.807) is 12.1 Å². The molecule has 31 heavy (non-hydrogen) atoms. The molecule has 0 saturated carbocycles. The summed E-state index contributed by atoms with van der Waals surface area (Å²) >= 11 is 2.37. The lowest BCUT2D eigenvalue weighted by Gasteiger charge is -2.53. The van der Waals surface area contributed by atoms with Crippen molar-refractivity contribution in [3.05, 3.63) is 59.9 Å². The van der Waals surface area contributed by atoms with Crippen molar-refractivity contribution >= 4 is 41.3 Å². The Bertz CT molecular complexity index is 1070. The third-order valence-corrected chi connectivity index (χ3v) is 8.25. The first-order valence-corrected chi connectivity index (χ1v) is 11.3. The number of amides is 2. The molecule has 1 aromatic heterocycles. The molecule has 158 valence electrons. The van der Waals surface area contributed by atoms with Gasteiger partial charge in [0.2, 0.25) is 11.8 Å². The number of nitrogens with zero attached hydrogens (tertiary/aromatic N) is 3. The number of hydrogen-bond acceptors (Lipinski definition) is 7. The van der Waals surface area contributed by atoms with Gasteiger partial charge in [-0.2, -0.15) is 5.26 Å². The lowest BCUT2D eigenvalue weighted by molar-refractivity contribution is -0.152. The molecule has 4 rings (SSSR count). The Morgan fingerprint density at radius 2 is 2.10 bits per heavy atom. The van der Waals surface area contributed by atoms with Crippen LogP contribution in [-0.2, 0) is 20.8 Å². The molecule has 2 amide bonds. The van der Waals surface area contributed by atoms with Gasteiger partial charge in [0.05, 0.1) is 6.42 Å². The summed E-state index contributed by atoms with van der Waals surface area (Å²) in [6.07, 6.45) is 1.65. The molecule has 0 spiro atoms. The Morgan fingerprint density at radius 1 is 1.32 bits per heavy atom. The van der Waals surface area contributed by atoms with Crippen LogP contribution in [0.25, 0.3) is 0 Å². The highest BCUT2D eigenvalue weighted by Gasteiger charge is 2.58. The molecule has 2 saturated heterocycles. The van der Waals surface area contributed by atoms with Crippen LogP contribution >= 0.6 is 23.5 Å². The predicted octanol–water partition coefficient (Wildman–Crippen LogP) is 1.51. The average Bonchev–Trinajstić information content (AvgIpc) is 2.78. The maximum atomic E-state index is 12.7. The summed E-state index contributed by atoms with van der Waals surface area (Å²) in [5.41, 5.74) is 1.01. The van der Waals surface area contributed by atoms with Crippen molar-refractivity contribution in [2.24, 2.45) is 0 Å². The molecular weight excluding hydrogens is 436 g/mol. The van der Waals surface area contributed by atoms with Crippen molar-refractivity contribution in [2.45, 2.75) is 27.5 Å². The number of carbonyl (C=O) groups is 3. The number of fused-ring (bicyclic) bond motifs is 1. The summed E-state index contributed by atoms with van der Waals surface area (Å²) in [5.74, 6) is -1.37. The van der Waals surface area contributed by atoms with Crippen LogP contribution in [0.1, 0.15) is 11.3 Å². The van der Waals surface area contributed by atoms with Crippen LogP contribution in [0.5, 0.6) is 0 Å². The highest BCUT2D eigenvalue weighted by Crippen LogP contribution is 2.46. The number of carboxylic acids is 1. The van der Waals surface area contributed by atoms with E-state index in [1.165, 1.54) is 22.9 Å². The van der Waals surface area contributed by atoms with Gasteiger partial charge in [0.15, 0.2) is 5.69 Å². The molecule has 0 aliphatic carbocycles. The largest absolute Gasteiger partial charge is 0.480 e. The molecule has 8 nitrogen and oxygen atoms in total.